The molecule has 1 saturated carbocycles. The molecule has 0 amide bonds. The Kier molecular flexibility index (Phi) is 10.6. The van der Waals surface area contributed by atoms with Crippen molar-refractivity contribution in [3.8, 4) is 11.8 Å². The Bertz CT molecular complexity index is 763. The molecule has 0 spiro atoms. The van der Waals surface area contributed by atoms with Crippen LogP contribution in [0.15, 0.2) is 6.20 Å². The van der Waals surface area contributed by atoms with Gasteiger partial charge in [0.15, 0.2) is 0 Å². The first kappa shape index (κ1) is 26.8. The first-order valence-electron chi connectivity index (χ1n) is 11.3. The molecule has 1 heterocycles. The first-order chi connectivity index (χ1) is 15.2. The van der Waals surface area contributed by atoms with Gasteiger partial charge in [0.25, 0.3) is 0 Å². The van der Waals surface area contributed by atoms with Crippen LogP contribution in [0.1, 0.15) is 72.3 Å². The van der Waals surface area contributed by atoms with Gasteiger partial charge in [-0.1, -0.05) is 25.2 Å². The molecule has 0 aliphatic heterocycles. The lowest BCUT2D eigenvalue weighted by molar-refractivity contribution is -0.182. The number of nitrogens with zero attached hydrogens (tertiary/aromatic N) is 2. The summed E-state index contributed by atoms with van der Waals surface area (Å²) < 4.78 is 16.6. The van der Waals surface area contributed by atoms with Crippen molar-refractivity contribution in [3.05, 3.63) is 17.0 Å². The van der Waals surface area contributed by atoms with E-state index < -0.39 is 18.3 Å². The SMILES string of the molecule is CCOC(C#Cc1cnc(Cl)nc1NC1(CNC(O)OC(C)(C)C)CCCCC1)OCC. The van der Waals surface area contributed by atoms with Gasteiger partial charge in [0, 0.05) is 26.0 Å². The maximum atomic E-state index is 10.3. The third-order valence-electron chi connectivity index (χ3n) is 4.99. The van der Waals surface area contributed by atoms with Crippen LogP contribution < -0.4 is 10.6 Å². The number of nitrogens with one attached hydrogen (secondary N) is 2. The highest BCUT2D eigenvalue weighted by Gasteiger charge is 2.34. The molecule has 1 aliphatic rings. The van der Waals surface area contributed by atoms with Crippen LogP contribution in [-0.2, 0) is 14.2 Å². The molecule has 0 bridgehead atoms. The number of ether oxygens (including phenoxy) is 3. The second kappa shape index (κ2) is 12.7. The lowest BCUT2D eigenvalue weighted by Gasteiger charge is -2.40. The van der Waals surface area contributed by atoms with E-state index in [1.54, 1.807) is 6.20 Å². The van der Waals surface area contributed by atoms with Crippen LogP contribution in [0.5, 0.6) is 0 Å². The fourth-order valence-corrected chi connectivity index (χ4v) is 3.74. The van der Waals surface area contributed by atoms with Crippen LogP contribution in [0.2, 0.25) is 5.28 Å². The van der Waals surface area contributed by atoms with E-state index >= 15 is 0 Å². The van der Waals surface area contributed by atoms with Gasteiger partial charge < -0.3 is 24.6 Å². The Labute approximate surface area is 196 Å². The minimum Gasteiger partial charge on any atom is -0.362 e. The standard InChI is InChI=1S/C23H37ClN4O4/c1-6-30-18(31-7-2)12-11-17-15-25-20(24)27-19(17)28-23(13-9-8-10-14-23)16-26-21(29)32-22(3,4)5/h15,18,21,26,29H,6-10,13-14,16H2,1-5H3,(H,25,27,28). The minimum absolute atomic E-state index is 0.138. The van der Waals surface area contributed by atoms with Gasteiger partial charge >= 0.3 is 0 Å². The van der Waals surface area contributed by atoms with E-state index in [0.717, 1.165) is 25.7 Å². The number of hydrogen-bond donors (Lipinski definition) is 3. The number of rotatable bonds is 10. The third-order valence-corrected chi connectivity index (χ3v) is 5.18. The van der Waals surface area contributed by atoms with Crippen LogP contribution in [0.4, 0.5) is 5.82 Å². The maximum absolute atomic E-state index is 10.3. The highest BCUT2D eigenvalue weighted by molar-refractivity contribution is 6.28. The summed E-state index contributed by atoms with van der Waals surface area (Å²) in [5.41, 5.74) is -0.177. The Balaban J connectivity index is 2.23. The number of halogens is 1. The predicted octanol–water partition coefficient (Wildman–Crippen LogP) is 3.68. The highest BCUT2D eigenvalue weighted by atomic mass is 35.5. The zero-order valence-corrected chi connectivity index (χ0v) is 20.6. The van der Waals surface area contributed by atoms with Gasteiger partial charge in [0.1, 0.15) is 5.82 Å². The van der Waals surface area contributed by atoms with Crippen LogP contribution in [0.25, 0.3) is 0 Å². The molecule has 1 atom stereocenters. The fraction of sp³-hybridized carbons (Fsp3) is 0.739. The molecule has 9 heteroatoms. The van der Waals surface area contributed by atoms with Crippen molar-refractivity contribution < 1.29 is 19.3 Å². The summed E-state index contributed by atoms with van der Waals surface area (Å²) in [5.74, 6) is 6.62. The zero-order valence-electron chi connectivity index (χ0n) is 19.8. The highest BCUT2D eigenvalue weighted by Crippen LogP contribution is 2.32. The average Bonchev–Trinajstić information content (AvgIpc) is 2.71. The van der Waals surface area contributed by atoms with Gasteiger partial charge in [-0.15, -0.1) is 0 Å². The quantitative estimate of drug-likeness (QED) is 0.272. The molecule has 1 fully saturated rings. The van der Waals surface area contributed by atoms with Crippen LogP contribution in [-0.4, -0.2) is 58.7 Å². The van der Waals surface area contributed by atoms with Gasteiger partial charge in [-0.25, -0.2) is 4.98 Å². The largest absolute Gasteiger partial charge is 0.362 e. The van der Waals surface area contributed by atoms with Crippen LogP contribution >= 0.6 is 11.6 Å². The van der Waals surface area contributed by atoms with Crippen molar-refractivity contribution in [1.82, 2.24) is 15.3 Å². The molecule has 32 heavy (non-hydrogen) atoms. The van der Waals surface area contributed by atoms with E-state index in [-0.39, 0.29) is 10.8 Å². The van der Waals surface area contributed by atoms with Crippen molar-refractivity contribution >= 4 is 17.4 Å². The van der Waals surface area contributed by atoms with E-state index in [1.165, 1.54) is 6.42 Å². The molecule has 1 aliphatic carbocycles. The van der Waals surface area contributed by atoms with Crippen LogP contribution in [0.3, 0.4) is 0 Å². The van der Waals surface area contributed by atoms with Gasteiger partial charge in [-0.05, 0) is 65.0 Å². The van der Waals surface area contributed by atoms with Gasteiger partial charge in [0.2, 0.25) is 18.0 Å². The van der Waals surface area contributed by atoms with E-state index in [0.29, 0.717) is 31.1 Å². The topological polar surface area (TPSA) is 97.8 Å². The lowest BCUT2D eigenvalue weighted by atomic mass is 9.81. The number of aromatic nitrogens is 2. The zero-order chi connectivity index (χ0) is 23.6. The van der Waals surface area contributed by atoms with E-state index in [9.17, 15) is 5.11 Å². The monoisotopic (exact) mass is 468 g/mol. The van der Waals surface area contributed by atoms with E-state index in [4.69, 9.17) is 25.8 Å². The Morgan fingerprint density at radius 1 is 1.19 bits per heavy atom. The summed E-state index contributed by atoms with van der Waals surface area (Å²) in [4.78, 5) is 8.50. The molecule has 8 nitrogen and oxygen atoms in total. The molecular weight excluding hydrogens is 432 g/mol. The van der Waals surface area contributed by atoms with Crippen LogP contribution in [0, 0.1) is 11.8 Å². The molecule has 0 radical (unpaired) electrons. The van der Waals surface area contributed by atoms with Gasteiger partial charge in [-0.2, -0.15) is 4.98 Å². The fourth-order valence-electron chi connectivity index (χ4n) is 3.60. The average molecular weight is 469 g/mol. The van der Waals surface area contributed by atoms with Crippen molar-refractivity contribution in [2.75, 3.05) is 25.1 Å². The molecule has 2 rings (SSSR count). The second-order valence-electron chi connectivity index (χ2n) is 8.84. The molecular formula is C23H37ClN4O4. The van der Waals surface area contributed by atoms with Crippen molar-refractivity contribution in [2.45, 2.75) is 90.6 Å². The van der Waals surface area contributed by atoms with Crippen molar-refractivity contribution in [2.24, 2.45) is 0 Å². The summed E-state index contributed by atoms with van der Waals surface area (Å²) in [7, 11) is 0. The Morgan fingerprint density at radius 3 is 2.44 bits per heavy atom. The molecule has 0 aromatic carbocycles. The summed E-state index contributed by atoms with van der Waals surface area (Å²) in [6.07, 6.45) is 5.05. The van der Waals surface area contributed by atoms with Crippen molar-refractivity contribution in [1.29, 1.82) is 0 Å². The second-order valence-corrected chi connectivity index (χ2v) is 9.18. The van der Waals surface area contributed by atoms with Gasteiger partial charge in [-0.3, -0.25) is 5.32 Å². The predicted molar refractivity (Wildman–Crippen MR) is 125 cm³/mol. The molecule has 1 unspecified atom stereocenters. The van der Waals surface area contributed by atoms with E-state index in [2.05, 4.69) is 32.4 Å². The molecule has 180 valence electrons. The maximum Gasteiger partial charge on any atom is 0.224 e. The molecule has 0 saturated heterocycles. The third kappa shape index (κ3) is 9.18. The number of aliphatic hydroxyl groups is 1. The summed E-state index contributed by atoms with van der Waals surface area (Å²) in [6.45, 7) is 11.0. The lowest BCUT2D eigenvalue weighted by Crippen LogP contribution is -2.52. The van der Waals surface area contributed by atoms with Crippen molar-refractivity contribution in [3.63, 3.8) is 0 Å². The minimum atomic E-state index is -1.07. The molecule has 1 aromatic heterocycles. The molecule has 1 aromatic rings. The smallest absolute Gasteiger partial charge is 0.224 e. The summed E-state index contributed by atoms with van der Waals surface area (Å²) >= 11 is 6.11. The number of hydrogen-bond acceptors (Lipinski definition) is 8. The normalized spacial score (nSPS) is 17.0. The Hall–Kier alpha value is -1.47. The number of anilines is 1. The number of aliphatic hydroxyl groups excluding tert-OH is 1. The summed E-state index contributed by atoms with van der Waals surface area (Å²) in [6, 6.07) is 0. The first-order valence-corrected chi connectivity index (χ1v) is 11.7. The van der Waals surface area contributed by atoms with Gasteiger partial charge in [0.05, 0.1) is 16.7 Å². The molecule has 3 N–H and O–H groups in total. The van der Waals surface area contributed by atoms with E-state index in [1.807, 2.05) is 34.6 Å². The summed E-state index contributed by atoms with van der Waals surface area (Å²) in [5, 5.41) is 17.1. The Morgan fingerprint density at radius 2 is 1.84 bits per heavy atom.